The maximum atomic E-state index is 13.7. The third-order valence-corrected chi connectivity index (χ3v) is 10.4. The van der Waals surface area contributed by atoms with Crippen molar-refractivity contribution in [3.8, 4) is 0 Å². The van der Waals surface area contributed by atoms with E-state index in [0.29, 0.717) is 38.9 Å². The fraction of sp³-hybridized carbons (Fsp3) is 0.519. The molecule has 2 aromatic carbocycles. The minimum Gasteiger partial charge on any atom is -0.334 e. The van der Waals surface area contributed by atoms with Crippen molar-refractivity contribution in [1.82, 2.24) is 13.5 Å². The van der Waals surface area contributed by atoms with Gasteiger partial charge in [-0.15, -0.1) is 0 Å². The van der Waals surface area contributed by atoms with Crippen molar-refractivity contribution in [3.05, 3.63) is 66.2 Å². The summed E-state index contributed by atoms with van der Waals surface area (Å²) in [5, 5.41) is 0. The number of carbonyl (C=O) groups is 1. The maximum absolute atomic E-state index is 13.7. The van der Waals surface area contributed by atoms with Gasteiger partial charge in [-0.25, -0.2) is 16.8 Å². The summed E-state index contributed by atoms with van der Waals surface area (Å²) in [7, 11) is -7.17. The highest BCUT2D eigenvalue weighted by Gasteiger charge is 2.35. The van der Waals surface area contributed by atoms with E-state index in [4.69, 9.17) is 0 Å². The van der Waals surface area contributed by atoms with Gasteiger partial charge in [0.15, 0.2) is 0 Å². The van der Waals surface area contributed by atoms with Gasteiger partial charge in [0.25, 0.3) is 0 Å². The van der Waals surface area contributed by atoms with Crippen LogP contribution in [0.25, 0.3) is 0 Å². The van der Waals surface area contributed by atoms with Crippen LogP contribution >= 0.6 is 0 Å². The summed E-state index contributed by atoms with van der Waals surface area (Å²) in [5.41, 5.74) is 0.946. The quantitative estimate of drug-likeness (QED) is 0.403. The summed E-state index contributed by atoms with van der Waals surface area (Å²) in [5.74, 6) is -0.177. The van der Waals surface area contributed by atoms with Crippen LogP contribution in [-0.4, -0.2) is 74.2 Å². The first-order valence-corrected chi connectivity index (χ1v) is 16.0. The van der Waals surface area contributed by atoms with Crippen LogP contribution in [0.4, 0.5) is 0 Å². The molecule has 1 aliphatic rings. The Labute approximate surface area is 222 Å². The van der Waals surface area contributed by atoms with Gasteiger partial charge in [-0.2, -0.15) is 8.61 Å². The highest BCUT2D eigenvalue weighted by Crippen LogP contribution is 2.25. The van der Waals surface area contributed by atoms with Gasteiger partial charge in [0.2, 0.25) is 26.0 Å². The van der Waals surface area contributed by atoms with Crippen molar-refractivity contribution >= 4 is 26.0 Å². The Morgan fingerprint density at radius 3 is 2.05 bits per heavy atom. The van der Waals surface area contributed by atoms with Gasteiger partial charge in [0.1, 0.15) is 0 Å². The third-order valence-electron chi connectivity index (χ3n) is 6.50. The number of amides is 1. The van der Waals surface area contributed by atoms with Crippen molar-refractivity contribution in [2.24, 2.45) is 5.92 Å². The molecule has 0 unspecified atom stereocenters. The molecule has 8 nitrogen and oxygen atoms in total. The van der Waals surface area contributed by atoms with Gasteiger partial charge < -0.3 is 4.90 Å². The van der Waals surface area contributed by atoms with Crippen LogP contribution in [0.5, 0.6) is 0 Å². The lowest BCUT2D eigenvalue weighted by Gasteiger charge is -2.39. The molecule has 10 heteroatoms. The van der Waals surface area contributed by atoms with Crippen molar-refractivity contribution < 1.29 is 21.6 Å². The van der Waals surface area contributed by atoms with E-state index in [-0.39, 0.29) is 41.6 Å². The van der Waals surface area contributed by atoms with Crippen molar-refractivity contribution in [2.45, 2.75) is 57.5 Å². The largest absolute Gasteiger partial charge is 0.334 e. The molecule has 1 saturated heterocycles. The number of carbonyl (C=O) groups excluding carboxylic acids is 1. The molecule has 0 bridgehead atoms. The zero-order chi connectivity index (χ0) is 27.1. The number of hydrogen-bond acceptors (Lipinski definition) is 5. The molecule has 204 valence electrons. The zero-order valence-electron chi connectivity index (χ0n) is 22.0. The zero-order valence-corrected chi connectivity index (χ0v) is 23.6. The summed E-state index contributed by atoms with van der Waals surface area (Å²) in [6.45, 7) is 6.68. The lowest BCUT2D eigenvalue weighted by atomic mass is 10.0. The summed E-state index contributed by atoms with van der Waals surface area (Å²) in [6.07, 6.45) is 1.44. The first-order chi connectivity index (χ1) is 17.5. The molecule has 0 spiro atoms. The normalized spacial score (nSPS) is 15.8. The van der Waals surface area contributed by atoms with E-state index in [9.17, 15) is 21.6 Å². The number of sulfonamides is 2. The smallest absolute Gasteiger partial charge is 0.243 e. The molecular weight excluding hydrogens is 510 g/mol. The number of nitrogens with zero attached hydrogens (tertiary/aromatic N) is 3. The van der Waals surface area contributed by atoms with E-state index in [0.717, 1.165) is 5.56 Å². The number of rotatable bonds is 12. The van der Waals surface area contributed by atoms with Crippen LogP contribution in [0.3, 0.4) is 0 Å². The molecule has 0 saturated carbocycles. The molecule has 1 aliphatic heterocycles. The van der Waals surface area contributed by atoms with E-state index >= 15 is 0 Å². The van der Waals surface area contributed by atoms with Crippen LogP contribution in [0.2, 0.25) is 0 Å². The molecule has 3 rings (SSSR count). The Morgan fingerprint density at radius 1 is 0.946 bits per heavy atom. The first-order valence-electron chi connectivity index (χ1n) is 12.9. The van der Waals surface area contributed by atoms with Crippen LogP contribution in [-0.2, 0) is 31.4 Å². The molecule has 1 amide bonds. The fourth-order valence-electron chi connectivity index (χ4n) is 4.65. The second kappa shape index (κ2) is 13.0. The predicted molar refractivity (Wildman–Crippen MR) is 146 cm³/mol. The summed E-state index contributed by atoms with van der Waals surface area (Å²) < 4.78 is 54.8. The van der Waals surface area contributed by atoms with Crippen LogP contribution < -0.4 is 0 Å². The van der Waals surface area contributed by atoms with E-state index < -0.39 is 20.0 Å². The Hall–Kier alpha value is -2.27. The molecule has 0 aliphatic carbocycles. The Balaban J connectivity index is 1.80. The molecule has 0 radical (unpaired) electrons. The van der Waals surface area contributed by atoms with E-state index in [1.54, 1.807) is 35.2 Å². The lowest BCUT2D eigenvalue weighted by molar-refractivity contribution is -0.135. The Bertz CT molecular complexity index is 1210. The van der Waals surface area contributed by atoms with Gasteiger partial charge in [-0.05, 0) is 42.9 Å². The molecule has 0 N–H and O–H groups in total. The van der Waals surface area contributed by atoms with Crippen LogP contribution in [0.15, 0.2) is 65.6 Å². The molecule has 2 aromatic rings. The second-order valence-electron chi connectivity index (χ2n) is 9.96. The lowest BCUT2D eigenvalue weighted by Crippen LogP contribution is -2.51. The van der Waals surface area contributed by atoms with Crippen molar-refractivity contribution in [2.75, 3.05) is 31.9 Å². The standard InChI is InChI=1S/C27H39N3O5S2/c1-4-19-36(32,33)29(20-23(2)3)22-27(31)30(21-24-11-7-5-8-12-24)25-15-17-28(18-16-25)37(34,35)26-13-9-6-10-14-26/h5-14,23,25H,4,15-22H2,1-3H3. The fourth-order valence-corrected chi connectivity index (χ4v) is 7.75. The highest BCUT2D eigenvalue weighted by molar-refractivity contribution is 7.89. The molecule has 1 heterocycles. The molecule has 0 aromatic heterocycles. The van der Waals surface area contributed by atoms with Gasteiger partial charge in [0.05, 0.1) is 17.2 Å². The van der Waals surface area contributed by atoms with E-state index in [1.165, 1.54) is 8.61 Å². The number of benzene rings is 2. The minimum absolute atomic E-state index is 0.00141. The average molecular weight is 550 g/mol. The maximum Gasteiger partial charge on any atom is 0.243 e. The predicted octanol–water partition coefficient (Wildman–Crippen LogP) is 3.57. The first kappa shape index (κ1) is 29.3. The minimum atomic E-state index is -3.61. The van der Waals surface area contributed by atoms with E-state index in [2.05, 4.69) is 0 Å². The number of hydrogen-bond donors (Lipinski definition) is 0. The highest BCUT2D eigenvalue weighted by atomic mass is 32.2. The summed E-state index contributed by atoms with van der Waals surface area (Å²) >= 11 is 0. The van der Waals surface area contributed by atoms with E-state index in [1.807, 2.05) is 51.1 Å². The SMILES string of the molecule is CCCS(=O)(=O)N(CC(=O)N(Cc1ccccc1)C1CCN(S(=O)(=O)c2ccccc2)CC1)CC(C)C. The summed E-state index contributed by atoms with van der Waals surface area (Å²) in [4.78, 5) is 15.7. The second-order valence-corrected chi connectivity index (χ2v) is 14.0. The average Bonchev–Trinajstić information content (AvgIpc) is 2.88. The van der Waals surface area contributed by atoms with Crippen LogP contribution in [0, 0.1) is 5.92 Å². The van der Waals surface area contributed by atoms with Gasteiger partial charge >= 0.3 is 0 Å². The Morgan fingerprint density at radius 2 is 1.51 bits per heavy atom. The van der Waals surface area contributed by atoms with Gasteiger partial charge in [-0.1, -0.05) is 69.3 Å². The molecular formula is C27H39N3O5S2. The molecule has 1 fully saturated rings. The molecule has 0 atom stereocenters. The van der Waals surface area contributed by atoms with Crippen LogP contribution in [0.1, 0.15) is 45.6 Å². The van der Waals surface area contributed by atoms with Crippen molar-refractivity contribution in [1.29, 1.82) is 0 Å². The summed E-state index contributed by atoms with van der Waals surface area (Å²) in [6, 6.07) is 17.8. The third kappa shape index (κ3) is 7.86. The van der Waals surface area contributed by atoms with Gasteiger partial charge in [0, 0.05) is 32.2 Å². The topological polar surface area (TPSA) is 95.1 Å². The monoisotopic (exact) mass is 549 g/mol. The van der Waals surface area contributed by atoms with Crippen molar-refractivity contribution in [3.63, 3.8) is 0 Å². The van der Waals surface area contributed by atoms with Gasteiger partial charge in [-0.3, -0.25) is 4.79 Å². The molecule has 37 heavy (non-hydrogen) atoms. The Kier molecular flexibility index (Phi) is 10.3. The number of piperidine rings is 1.